The number of nitrogens with zero attached hydrogens (tertiary/aromatic N) is 4. The number of benzene rings is 2. The summed E-state index contributed by atoms with van der Waals surface area (Å²) in [6.07, 6.45) is 4.05. The highest BCUT2D eigenvalue weighted by molar-refractivity contribution is 6.07. The highest BCUT2D eigenvalue weighted by Crippen LogP contribution is 2.26. The normalized spacial score (nSPS) is 11.0. The highest BCUT2D eigenvalue weighted by Gasteiger charge is 2.21. The van der Waals surface area contributed by atoms with Crippen molar-refractivity contribution in [2.24, 2.45) is 0 Å². The van der Waals surface area contributed by atoms with Gasteiger partial charge >= 0.3 is 0 Å². The van der Waals surface area contributed by atoms with Gasteiger partial charge in [0.25, 0.3) is 5.91 Å². The van der Waals surface area contributed by atoms with E-state index in [1.54, 1.807) is 36.5 Å². The topological polar surface area (TPSA) is 102 Å². The maximum Gasteiger partial charge on any atom is 0.256 e. The lowest BCUT2D eigenvalue weighted by Gasteiger charge is -2.18. The van der Waals surface area contributed by atoms with Crippen molar-refractivity contribution in [3.05, 3.63) is 77.9 Å². The maximum absolute atomic E-state index is 13.5. The largest absolute Gasteiger partial charge is 0.375 e. The Hall–Kier alpha value is -3.98. The van der Waals surface area contributed by atoms with Crippen molar-refractivity contribution < 1.29 is 18.8 Å². The quantitative estimate of drug-likeness (QED) is 0.423. The van der Waals surface area contributed by atoms with Crippen LogP contribution in [-0.4, -0.2) is 52.2 Å². The summed E-state index contributed by atoms with van der Waals surface area (Å²) in [5, 5.41) is 6.46. The Morgan fingerprint density at radius 1 is 1.18 bits per heavy atom. The average Bonchev–Trinajstić information content (AvgIpc) is 3.47. The second kappa shape index (κ2) is 10.1. The molecular formula is C24H25N5O4. The number of hydrogen-bond donors (Lipinski definition) is 1. The number of aryl methyl sites for hydroxylation is 2. The predicted octanol–water partition coefficient (Wildman–Crippen LogP) is 3.12. The summed E-state index contributed by atoms with van der Waals surface area (Å²) in [5.41, 5.74) is 3.44. The van der Waals surface area contributed by atoms with E-state index >= 15 is 0 Å². The third-order valence-corrected chi connectivity index (χ3v) is 5.22. The second-order valence-corrected chi connectivity index (χ2v) is 7.69. The lowest BCUT2D eigenvalue weighted by atomic mass is 10.1. The van der Waals surface area contributed by atoms with Crippen LogP contribution in [0.1, 0.15) is 21.7 Å². The van der Waals surface area contributed by atoms with Crippen LogP contribution in [-0.2, 0) is 29.0 Å². The van der Waals surface area contributed by atoms with E-state index in [0.717, 1.165) is 6.42 Å². The predicted molar refractivity (Wildman–Crippen MR) is 123 cm³/mol. The zero-order chi connectivity index (χ0) is 23.2. The smallest absolute Gasteiger partial charge is 0.256 e. The molecule has 0 aliphatic heterocycles. The number of methoxy groups -OCH3 is 1. The number of ether oxygens (including phenoxy) is 1. The first kappa shape index (κ1) is 22.2. The van der Waals surface area contributed by atoms with Crippen molar-refractivity contribution in [3.63, 3.8) is 0 Å². The van der Waals surface area contributed by atoms with Gasteiger partial charge in [-0.2, -0.15) is 0 Å². The molecule has 2 aromatic heterocycles. The minimum absolute atomic E-state index is 0.0851. The number of rotatable bonds is 9. The molecule has 0 radical (unpaired) electrons. The first-order valence-electron chi connectivity index (χ1n) is 10.5. The van der Waals surface area contributed by atoms with E-state index in [0.29, 0.717) is 34.6 Å². The van der Waals surface area contributed by atoms with Crippen LogP contribution in [0.2, 0.25) is 0 Å². The molecule has 0 saturated carbocycles. The number of hydrogen-bond acceptors (Lipinski definition) is 6. The highest BCUT2D eigenvalue weighted by atomic mass is 16.5. The molecule has 1 N–H and O–H groups in total. The van der Waals surface area contributed by atoms with E-state index in [1.807, 2.05) is 22.8 Å². The van der Waals surface area contributed by atoms with Crippen LogP contribution in [0.25, 0.3) is 11.0 Å². The van der Waals surface area contributed by atoms with Gasteiger partial charge in [-0.3, -0.25) is 9.59 Å². The standard InChI is InChI=1S/C24H25N5O4/c1-28(14-19-8-10-26-33-19)24(31)20-12-18(27-22(30)15-32-2)13-21-23(20)29(16-25-21)11-9-17-6-4-3-5-7-17/h3-8,10,12-13,16H,9,11,14-15H2,1-2H3,(H,27,30). The van der Waals surface area contributed by atoms with Crippen LogP contribution in [0.3, 0.4) is 0 Å². The Kier molecular flexibility index (Phi) is 6.80. The van der Waals surface area contributed by atoms with Crippen molar-refractivity contribution in [3.8, 4) is 0 Å². The molecule has 0 unspecified atom stereocenters. The van der Waals surface area contributed by atoms with Crippen LogP contribution in [0.15, 0.2) is 65.6 Å². The summed E-state index contributed by atoms with van der Waals surface area (Å²) in [7, 11) is 3.14. The van der Waals surface area contributed by atoms with Gasteiger partial charge in [-0.1, -0.05) is 35.5 Å². The number of aromatic nitrogens is 3. The van der Waals surface area contributed by atoms with Gasteiger partial charge in [0.15, 0.2) is 5.76 Å². The molecule has 0 saturated heterocycles. The molecular weight excluding hydrogens is 422 g/mol. The van der Waals surface area contributed by atoms with Crippen molar-refractivity contribution in [1.29, 1.82) is 0 Å². The Bertz CT molecular complexity index is 1230. The van der Waals surface area contributed by atoms with Crippen molar-refractivity contribution >= 4 is 28.5 Å². The summed E-state index contributed by atoms with van der Waals surface area (Å²) in [5.74, 6) is 0.0405. The molecule has 0 spiro atoms. The summed E-state index contributed by atoms with van der Waals surface area (Å²) in [4.78, 5) is 31.6. The van der Waals surface area contributed by atoms with E-state index in [2.05, 4.69) is 27.6 Å². The Morgan fingerprint density at radius 3 is 2.73 bits per heavy atom. The van der Waals surface area contributed by atoms with Gasteiger partial charge in [0, 0.05) is 32.5 Å². The molecule has 2 heterocycles. The average molecular weight is 447 g/mol. The molecule has 2 amide bonds. The molecule has 0 atom stereocenters. The second-order valence-electron chi connectivity index (χ2n) is 7.69. The molecule has 2 aromatic carbocycles. The van der Waals surface area contributed by atoms with Gasteiger partial charge < -0.3 is 24.0 Å². The molecule has 33 heavy (non-hydrogen) atoms. The molecule has 9 nitrogen and oxygen atoms in total. The van der Waals surface area contributed by atoms with Crippen LogP contribution < -0.4 is 5.32 Å². The SMILES string of the molecule is COCC(=O)Nc1cc(C(=O)N(C)Cc2ccno2)c2c(c1)ncn2CCc1ccccc1. The number of carbonyl (C=O) groups excluding carboxylic acids is 2. The monoisotopic (exact) mass is 447 g/mol. The summed E-state index contributed by atoms with van der Waals surface area (Å²) in [6, 6.07) is 15.3. The van der Waals surface area contributed by atoms with Crippen LogP contribution >= 0.6 is 0 Å². The van der Waals surface area contributed by atoms with E-state index < -0.39 is 0 Å². The lowest BCUT2D eigenvalue weighted by Crippen LogP contribution is -2.27. The Balaban J connectivity index is 1.68. The van der Waals surface area contributed by atoms with Gasteiger partial charge in [0.1, 0.15) is 6.61 Å². The van der Waals surface area contributed by atoms with Gasteiger partial charge in [0.05, 0.1) is 35.7 Å². The molecule has 0 aliphatic carbocycles. The third kappa shape index (κ3) is 5.27. The maximum atomic E-state index is 13.5. The van der Waals surface area contributed by atoms with Crippen molar-refractivity contribution in [2.75, 3.05) is 26.1 Å². The van der Waals surface area contributed by atoms with E-state index in [1.165, 1.54) is 18.9 Å². The van der Waals surface area contributed by atoms with E-state index in [4.69, 9.17) is 9.26 Å². The van der Waals surface area contributed by atoms with Crippen LogP contribution in [0, 0.1) is 0 Å². The first-order valence-corrected chi connectivity index (χ1v) is 10.5. The van der Waals surface area contributed by atoms with Gasteiger partial charge in [-0.25, -0.2) is 4.98 Å². The van der Waals surface area contributed by atoms with Gasteiger partial charge in [-0.05, 0) is 24.1 Å². The Morgan fingerprint density at radius 2 is 2.00 bits per heavy atom. The zero-order valence-corrected chi connectivity index (χ0v) is 18.5. The summed E-state index contributed by atoms with van der Waals surface area (Å²) in [6.45, 7) is 0.832. The molecule has 0 bridgehead atoms. The van der Waals surface area contributed by atoms with Crippen molar-refractivity contribution in [1.82, 2.24) is 19.6 Å². The third-order valence-electron chi connectivity index (χ3n) is 5.22. The summed E-state index contributed by atoms with van der Waals surface area (Å²) >= 11 is 0. The molecule has 9 heteroatoms. The molecule has 4 aromatic rings. The van der Waals surface area contributed by atoms with E-state index in [9.17, 15) is 9.59 Å². The molecule has 4 rings (SSSR count). The lowest BCUT2D eigenvalue weighted by molar-refractivity contribution is -0.119. The number of amides is 2. The van der Waals surface area contributed by atoms with Gasteiger partial charge in [0.2, 0.25) is 5.91 Å². The number of anilines is 1. The minimum Gasteiger partial charge on any atom is -0.375 e. The molecule has 0 fully saturated rings. The molecule has 170 valence electrons. The number of nitrogens with one attached hydrogen (secondary N) is 1. The summed E-state index contributed by atoms with van der Waals surface area (Å²) < 4.78 is 12.0. The number of imidazole rings is 1. The van der Waals surface area contributed by atoms with Crippen LogP contribution in [0.5, 0.6) is 0 Å². The zero-order valence-electron chi connectivity index (χ0n) is 18.5. The van der Waals surface area contributed by atoms with Crippen molar-refractivity contribution in [2.45, 2.75) is 19.5 Å². The van der Waals surface area contributed by atoms with Gasteiger partial charge in [-0.15, -0.1) is 0 Å². The first-order chi connectivity index (χ1) is 16.0. The van der Waals surface area contributed by atoms with Crippen LogP contribution in [0.4, 0.5) is 5.69 Å². The Labute approximate surface area is 190 Å². The fourth-order valence-electron chi connectivity index (χ4n) is 3.67. The fraction of sp³-hybridized carbons (Fsp3) is 0.250. The van der Waals surface area contributed by atoms with E-state index in [-0.39, 0.29) is 25.0 Å². The number of fused-ring (bicyclic) bond motifs is 1. The minimum atomic E-state index is -0.311. The number of carbonyl (C=O) groups is 2. The fourth-order valence-corrected chi connectivity index (χ4v) is 3.67. The molecule has 0 aliphatic rings.